The lowest BCUT2D eigenvalue weighted by Gasteiger charge is -2.36. The minimum Gasteiger partial charge on any atom is -0.324 e. The number of anilines is 1. The Kier molecular flexibility index (Phi) is 4.14. The van der Waals surface area contributed by atoms with Crippen molar-refractivity contribution in [1.82, 2.24) is 9.38 Å². The van der Waals surface area contributed by atoms with Crippen molar-refractivity contribution in [2.75, 3.05) is 5.32 Å². The standard InChI is InChI=1S/C16H16N4OS.ClH/c17-16(6-1-7-16)14(21)18-12-4-2-11(3-5-12)13-10-20-8-9-22-15(20)19-13;/h2-5,8-10H,1,6-7,17H2,(H,18,21);1H. The van der Waals surface area contributed by atoms with Gasteiger partial charge in [0.25, 0.3) is 0 Å². The summed E-state index contributed by atoms with van der Waals surface area (Å²) in [4.78, 5) is 17.6. The van der Waals surface area contributed by atoms with Gasteiger partial charge in [-0.1, -0.05) is 12.1 Å². The lowest BCUT2D eigenvalue weighted by molar-refractivity contribution is -0.123. The van der Waals surface area contributed by atoms with Gasteiger partial charge in [0.1, 0.15) is 0 Å². The highest BCUT2D eigenvalue weighted by Crippen LogP contribution is 2.30. The molecular formula is C16H17ClN4OS. The molecule has 0 bridgehead atoms. The monoisotopic (exact) mass is 348 g/mol. The summed E-state index contributed by atoms with van der Waals surface area (Å²) in [5.41, 5.74) is 8.08. The van der Waals surface area contributed by atoms with Crippen molar-refractivity contribution in [2.45, 2.75) is 24.8 Å². The zero-order chi connectivity index (χ0) is 15.2. The second kappa shape index (κ2) is 5.96. The van der Waals surface area contributed by atoms with E-state index in [1.165, 1.54) is 0 Å². The number of thiazole rings is 1. The molecule has 1 saturated carbocycles. The summed E-state index contributed by atoms with van der Waals surface area (Å²) >= 11 is 1.61. The maximum Gasteiger partial charge on any atom is 0.244 e. The topological polar surface area (TPSA) is 72.4 Å². The van der Waals surface area contributed by atoms with E-state index in [1.54, 1.807) is 11.3 Å². The molecule has 0 spiro atoms. The smallest absolute Gasteiger partial charge is 0.244 e. The van der Waals surface area contributed by atoms with E-state index in [-0.39, 0.29) is 18.3 Å². The summed E-state index contributed by atoms with van der Waals surface area (Å²) < 4.78 is 2.00. The highest BCUT2D eigenvalue weighted by molar-refractivity contribution is 7.15. The first-order chi connectivity index (χ1) is 10.6. The normalized spacial score (nSPS) is 15.7. The molecule has 1 aromatic carbocycles. The molecule has 5 nitrogen and oxygen atoms in total. The molecule has 1 aliphatic rings. The summed E-state index contributed by atoms with van der Waals surface area (Å²) in [5.74, 6) is -0.0889. The third-order valence-corrected chi connectivity index (χ3v) is 5.00. The van der Waals surface area contributed by atoms with Crippen molar-refractivity contribution in [3.8, 4) is 11.3 Å². The average molecular weight is 349 g/mol. The van der Waals surface area contributed by atoms with Crippen LogP contribution in [0.2, 0.25) is 0 Å². The number of carbonyl (C=O) groups excluding carboxylic acids is 1. The van der Waals surface area contributed by atoms with Crippen LogP contribution in [0, 0.1) is 0 Å². The van der Waals surface area contributed by atoms with Crippen LogP contribution in [0.4, 0.5) is 5.69 Å². The van der Waals surface area contributed by atoms with Crippen LogP contribution in [0.1, 0.15) is 19.3 Å². The first-order valence-corrected chi connectivity index (χ1v) is 8.15. The van der Waals surface area contributed by atoms with Crippen molar-refractivity contribution in [3.05, 3.63) is 42.0 Å². The number of benzene rings is 1. The number of hydrogen-bond acceptors (Lipinski definition) is 4. The van der Waals surface area contributed by atoms with E-state index in [1.807, 2.05) is 46.4 Å². The predicted molar refractivity (Wildman–Crippen MR) is 95.2 cm³/mol. The Bertz CT molecular complexity index is 807. The van der Waals surface area contributed by atoms with Gasteiger partial charge in [-0.25, -0.2) is 4.98 Å². The Morgan fingerprint density at radius 1 is 1.30 bits per heavy atom. The molecule has 120 valence electrons. The van der Waals surface area contributed by atoms with Crippen LogP contribution >= 0.6 is 23.7 Å². The van der Waals surface area contributed by atoms with E-state index >= 15 is 0 Å². The zero-order valence-electron chi connectivity index (χ0n) is 12.4. The van der Waals surface area contributed by atoms with Gasteiger partial charge in [0.05, 0.1) is 11.2 Å². The number of nitrogens with zero attached hydrogens (tertiary/aromatic N) is 2. The fraction of sp³-hybridized carbons (Fsp3) is 0.250. The highest BCUT2D eigenvalue weighted by Gasteiger charge is 2.40. The van der Waals surface area contributed by atoms with Crippen molar-refractivity contribution in [2.24, 2.45) is 5.73 Å². The first kappa shape index (κ1) is 16.0. The first-order valence-electron chi connectivity index (χ1n) is 7.27. The van der Waals surface area contributed by atoms with E-state index in [0.29, 0.717) is 0 Å². The van der Waals surface area contributed by atoms with E-state index in [0.717, 1.165) is 41.2 Å². The van der Waals surface area contributed by atoms with Crippen molar-refractivity contribution >= 4 is 40.3 Å². The summed E-state index contributed by atoms with van der Waals surface area (Å²) in [6.07, 6.45) is 6.55. The van der Waals surface area contributed by atoms with Crippen molar-refractivity contribution < 1.29 is 4.79 Å². The molecule has 1 aliphatic carbocycles. The van der Waals surface area contributed by atoms with E-state index in [4.69, 9.17) is 5.73 Å². The molecule has 2 aromatic heterocycles. The fourth-order valence-corrected chi connectivity index (χ4v) is 3.33. The second-order valence-electron chi connectivity index (χ2n) is 5.76. The lowest BCUT2D eigenvalue weighted by atomic mass is 9.77. The minimum atomic E-state index is -0.674. The third kappa shape index (κ3) is 2.85. The lowest BCUT2D eigenvalue weighted by Crippen LogP contribution is -2.56. The maximum absolute atomic E-state index is 12.1. The second-order valence-corrected chi connectivity index (χ2v) is 6.63. The van der Waals surface area contributed by atoms with Crippen molar-refractivity contribution in [1.29, 1.82) is 0 Å². The van der Waals surface area contributed by atoms with Crippen LogP contribution in [-0.2, 0) is 4.79 Å². The van der Waals surface area contributed by atoms with Gasteiger partial charge in [-0.05, 0) is 31.4 Å². The van der Waals surface area contributed by atoms with Gasteiger partial charge in [-0.2, -0.15) is 0 Å². The average Bonchev–Trinajstić information content (AvgIpc) is 3.06. The number of nitrogens with one attached hydrogen (secondary N) is 1. The Balaban J connectivity index is 0.00000156. The zero-order valence-corrected chi connectivity index (χ0v) is 14.0. The largest absolute Gasteiger partial charge is 0.324 e. The number of carbonyl (C=O) groups is 1. The number of aromatic nitrogens is 2. The number of imidazole rings is 1. The fourth-order valence-electron chi connectivity index (χ4n) is 2.63. The molecule has 2 heterocycles. The SMILES string of the molecule is Cl.NC1(C(=O)Nc2ccc(-c3cn4ccsc4n3)cc2)CCC1. The van der Waals surface area contributed by atoms with Gasteiger partial charge >= 0.3 is 0 Å². The predicted octanol–water partition coefficient (Wildman–Crippen LogP) is 3.30. The Labute approximate surface area is 143 Å². The minimum absolute atomic E-state index is 0. The maximum atomic E-state index is 12.1. The van der Waals surface area contributed by atoms with Crippen LogP contribution < -0.4 is 11.1 Å². The summed E-state index contributed by atoms with van der Waals surface area (Å²) in [6.45, 7) is 0. The van der Waals surface area contributed by atoms with Crippen LogP contribution in [-0.4, -0.2) is 20.8 Å². The molecule has 3 aromatic rings. The number of hydrogen-bond donors (Lipinski definition) is 2. The molecule has 1 fully saturated rings. The Morgan fingerprint density at radius 2 is 2.04 bits per heavy atom. The molecule has 0 unspecified atom stereocenters. The van der Waals surface area contributed by atoms with E-state index in [9.17, 15) is 4.79 Å². The van der Waals surface area contributed by atoms with E-state index in [2.05, 4.69) is 10.3 Å². The molecular weight excluding hydrogens is 332 g/mol. The summed E-state index contributed by atoms with van der Waals surface area (Å²) in [7, 11) is 0. The quantitative estimate of drug-likeness (QED) is 0.762. The van der Waals surface area contributed by atoms with Crippen LogP contribution in [0.3, 0.4) is 0 Å². The molecule has 7 heteroatoms. The summed E-state index contributed by atoms with van der Waals surface area (Å²) in [5, 5.41) is 4.90. The van der Waals surface area contributed by atoms with Crippen LogP contribution in [0.15, 0.2) is 42.0 Å². The number of rotatable bonds is 3. The Hall–Kier alpha value is -1.89. The number of nitrogens with two attached hydrogens (primary N) is 1. The van der Waals surface area contributed by atoms with Gasteiger partial charge in [0.15, 0.2) is 4.96 Å². The van der Waals surface area contributed by atoms with Crippen LogP contribution in [0.5, 0.6) is 0 Å². The molecule has 0 radical (unpaired) electrons. The molecule has 0 atom stereocenters. The number of fused-ring (bicyclic) bond motifs is 1. The molecule has 1 amide bonds. The van der Waals surface area contributed by atoms with E-state index < -0.39 is 5.54 Å². The molecule has 23 heavy (non-hydrogen) atoms. The molecule has 3 N–H and O–H groups in total. The Morgan fingerprint density at radius 3 is 2.65 bits per heavy atom. The van der Waals surface area contributed by atoms with Crippen LogP contribution in [0.25, 0.3) is 16.2 Å². The molecule has 0 aliphatic heterocycles. The third-order valence-electron chi connectivity index (χ3n) is 4.23. The highest BCUT2D eigenvalue weighted by atomic mass is 35.5. The van der Waals surface area contributed by atoms with Gasteiger partial charge in [-0.15, -0.1) is 23.7 Å². The van der Waals surface area contributed by atoms with Gasteiger partial charge in [0, 0.05) is 29.0 Å². The molecule has 0 saturated heterocycles. The van der Waals surface area contributed by atoms with Gasteiger partial charge in [0.2, 0.25) is 5.91 Å². The summed E-state index contributed by atoms with van der Waals surface area (Å²) in [6, 6.07) is 7.71. The number of halogens is 1. The van der Waals surface area contributed by atoms with Gasteiger partial charge < -0.3 is 11.1 Å². The van der Waals surface area contributed by atoms with Gasteiger partial charge in [-0.3, -0.25) is 9.20 Å². The molecule has 4 rings (SSSR count). The van der Waals surface area contributed by atoms with Crippen molar-refractivity contribution in [3.63, 3.8) is 0 Å². The number of amides is 1.